The number of likely N-dealkylation sites (tertiary alicyclic amines) is 2. The molecule has 6 nitrogen and oxygen atoms in total. The lowest BCUT2D eigenvalue weighted by Gasteiger charge is -2.27. The summed E-state index contributed by atoms with van der Waals surface area (Å²) in [5, 5.41) is 9.89. The lowest BCUT2D eigenvalue weighted by Crippen LogP contribution is -2.44. The van der Waals surface area contributed by atoms with Crippen LogP contribution in [0.5, 0.6) is 0 Å². The number of fused-ring (bicyclic) bond motifs is 1. The van der Waals surface area contributed by atoms with Crippen LogP contribution >= 0.6 is 0 Å². The molecule has 2 atom stereocenters. The molecule has 25 heavy (non-hydrogen) atoms. The van der Waals surface area contributed by atoms with Gasteiger partial charge in [-0.1, -0.05) is 31.2 Å². The molecule has 2 heterocycles. The number of hydrogen-bond acceptors (Lipinski definition) is 3. The highest BCUT2D eigenvalue weighted by Gasteiger charge is 2.58. The molecule has 0 bridgehead atoms. The molecule has 2 amide bonds. The van der Waals surface area contributed by atoms with Crippen LogP contribution in [0.25, 0.3) is 0 Å². The minimum atomic E-state index is -0.838. The third kappa shape index (κ3) is 3.23. The van der Waals surface area contributed by atoms with Gasteiger partial charge in [0.25, 0.3) is 0 Å². The number of amides is 2. The van der Waals surface area contributed by atoms with E-state index in [-0.39, 0.29) is 11.9 Å². The second-order valence-electron chi connectivity index (χ2n) is 7.56. The molecule has 1 aromatic rings. The summed E-state index contributed by atoms with van der Waals surface area (Å²) in [7, 11) is 3.41. The molecule has 2 aliphatic rings. The summed E-state index contributed by atoms with van der Waals surface area (Å²) < 4.78 is 0. The maximum atomic E-state index is 12.2. The Balaban J connectivity index is 1.71. The van der Waals surface area contributed by atoms with E-state index in [1.807, 2.05) is 0 Å². The van der Waals surface area contributed by atoms with Crippen LogP contribution in [0.3, 0.4) is 0 Å². The van der Waals surface area contributed by atoms with Crippen molar-refractivity contribution < 1.29 is 14.7 Å². The van der Waals surface area contributed by atoms with Gasteiger partial charge in [0.15, 0.2) is 0 Å². The Bertz CT molecular complexity index is 658. The van der Waals surface area contributed by atoms with Gasteiger partial charge in [-0.15, -0.1) is 0 Å². The van der Waals surface area contributed by atoms with E-state index in [1.54, 1.807) is 19.0 Å². The predicted molar refractivity (Wildman–Crippen MR) is 95.3 cm³/mol. The molecule has 0 saturated carbocycles. The molecule has 3 rings (SSSR count). The third-order valence-electron chi connectivity index (χ3n) is 5.60. The van der Waals surface area contributed by atoms with E-state index in [0.717, 1.165) is 19.5 Å². The quantitative estimate of drug-likeness (QED) is 0.903. The predicted octanol–water partition coefficient (Wildman–Crippen LogP) is 1.75. The summed E-state index contributed by atoms with van der Waals surface area (Å²) in [5.41, 5.74) is 1.68. The van der Waals surface area contributed by atoms with Crippen molar-refractivity contribution in [2.45, 2.75) is 19.9 Å². The molecule has 0 unspecified atom stereocenters. The van der Waals surface area contributed by atoms with E-state index in [9.17, 15) is 14.7 Å². The second-order valence-corrected chi connectivity index (χ2v) is 7.56. The van der Waals surface area contributed by atoms with Crippen LogP contribution in [0.15, 0.2) is 24.3 Å². The molecule has 0 spiro atoms. The van der Waals surface area contributed by atoms with Crippen molar-refractivity contribution in [2.75, 3.05) is 40.3 Å². The summed E-state index contributed by atoms with van der Waals surface area (Å²) >= 11 is 0. The van der Waals surface area contributed by atoms with Crippen LogP contribution in [0, 0.1) is 11.3 Å². The highest BCUT2D eigenvalue weighted by atomic mass is 16.4. The number of aryl methyl sites for hydroxylation is 1. The van der Waals surface area contributed by atoms with E-state index in [2.05, 4.69) is 36.1 Å². The van der Waals surface area contributed by atoms with E-state index in [4.69, 9.17) is 0 Å². The first-order valence-corrected chi connectivity index (χ1v) is 8.85. The Hall–Kier alpha value is -2.08. The number of carbonyl (C=O) groups excluding carboxylic acids is 1. The van der Waals surface area contributed by atoms with Crippen LogP contribution < -0.4 is 0 Å². The van der Waals surface area contributed by atoms with Crippen molar-refractivity contribution in [3.63, 3.8) is 0 Å². The van der Waals surface area contributed by atoms with Gasteiger partial charge in [-0.25, -0.2) is 4.79 Å². The average Bonchev–Trinajstić information content (AvgIpc) is 3.09. The van der Waals surface area contributed by atoms with E-state index in [0.29, 0.717) is 19.6 Å². The van der Waals surface area contributed by atoms with Crippen LogP contribution in [-0.2, 0) is 17.8 Å². The van der Waals surface area contributed by atoms with Gasteiger partial charge in [0.05, 0.1) is 0 Å². The van der Waals surface area contributed by atoms with Gasteiger partial charge in [-0.05, 0) is 17.5 Å². The van der Waals surface area contributed by atoms with Gasteiger partial charge in [0.2, 0.25) is 0 Å². The first-order valence-electron chi connectivity index (χ1n) is 8.85. The van der Waals surface area contributed by atoms with Crippen molar-refractivity contribution in [2.24, 2.45) is 11.3 Å². The molecular formula is C19H27N3O3. The number of carbonyl (C=O) groups is 2. The van der Waals surface area contributed by atoms with Gasteiger partial charge in [-0.3, -0.25) is 9.69 Å². The number of rotatable bonds is 4. The van der Waals surface area contributed by atoms with Crippen LogP contribution in [0.4, 0.5) is 4.79 Å². The number of aliphatic carboxylic acids is 1. The number of carboxylic acid groups (broad SMARTS) is 1. The SMILES string of the molecule is CCc1ccc(CN2C[C@@H]3CN(C(=O)N(C)C)C[C@]3(C(=O)O)C2)cc1. The number of benzene rings is 1. The van der Waals surface area contributed by atoms with Gasteiger partial charge in [0.1, 0.15) is 5.41 Å². The van der Waals surface area contributed by atoms with Crippen molar-refractivity contribution in [1.82, 2.24) is 14.7 Å². The van der Waals surface area contributed by atoms with Crippen LogP contribution in [-0.4, -0.2) is 72.1 Å². The molecule has 2 aliphatic heterocycles. The van der Waals surface area contributed by atoms with Gasteiger partial charge < -0.3 is 14.9 Å². The number of hydrogen-bond donors (Lipinski definition) is 1. The largest absolute Gasteiger partial charge is 0.481 e. The number of carboxylic acids is 1. The smallest absolute Gasteiger partial charge is 0.319 e. The molecule has 0 aliphatic carbocycles. The second kappa shape index (κ2) is 6.67. The molecular weight excluding hydrogens is 318 g/mol. The molecule has 136 valence electrons. The molecule has 2 fully saturated rings. The molecule has 1 N–H and O–H groups in total. The number of urea groups is 1. The summed E-state index contributed by atoms with van der Waals surface area (Å²) in [5.74, 6) is -0.792. The van der Waals surface area contributed by atoms with Crippen molar-refractivity contribution >= 4 is 12.0 Å². The molecule has 0 radical (unpaired) electrons. The van der Waals surface area contributed by atoms with E-state index >= 15 is 0 Å². The molecule has 0 aromatic heterocycles. The maximum absolute atomic E-state index is 12.2. The fraction of sp³-hybridized carbons (Fsp3) is 0.579. The zero-order valence-corrected chi connectivity index (χ0v) is 15.2. The first kappa shape index (κ1) is 17.7. The highest BCUT2D eigenvalue weighted by Crippen LogP contribution is 2.43. The Morgan fingerprint density at radius 2 is 1.80 bits per heavy atom. The van der Waals surface area contributed by atoms with Crippen LogP contribution in [0.1, 0.15) is 18.1 Å². The van der Waals surface area contributed by atoms with Gasteiger partial charge in [-0.2, -0.15) is 0 Å². The summed E-state index contributed by atoms with van der Waals surface area (Å²) in [6, 6.07) is 8.43. The number of nitrogens with zero attached hydrogens (tertiary/aromatic N) is 3. The summed E-state index contributed by atoms with van der Waals surface area (Å²) in [6.45, 7) is 4.94. The zero-order chi connectivity index (χ0) is 18.2. The normalized spacial score (nSPS) is 25.9. The Kier molecular flexibility index (Phi) is 4.73. The minimum Gasteiger partial charge on any atom is -0.481 e. The van der Waals surface area contributed by atoms with E-state index in [1.165, 1.54) is 16.0 Å². The summed E-state index contributed by atoms with van der Waals surface area (Å²) in [6.07, 6.45) is 1.02. The van der Waals surface area contributed by atoms with Crippen molar-refractivity contribution in [3.05, 3.63) is 35.4 Å². The van der Waals surface area contributed by atoms with E-state index < -0.39 is 11.4 Å². The van der Waals surface area contributed by atoms with Crippen molar-refractivity contribution in [3.8, 4) is 0 Å². The fourth-order valence-electron chi connectivity index (χ4n) is 4.16. The highest BCUT2D eigenvalue weighted by molar-refractivity contribution is 5.80. The average molecular weight is 345 g/mol. The van der Waals surface area contributed by atoms with Crippen molar-refractivity contribution in [1.29, 1.82) is 0 Å². The third-order valence-corrected chi connectivity index (χ3v) is 5.60. The topological polar surface area (TPSA) is 64.1 Å². The monoisotopic (exact) mass is 345 g/mol. The van der Waals surface area contributed by atoms with Crippen LogP contribution in [0.2, 0.25) is 0 Å². The molecule has 2 saturated heterocycles. The Morgan fingerprint density at radius 1 is 1.16 bits per heavy atom. The standard InChI is InChI=1S/C19H27N3O3/c1-4-14-5-7-15(8-6-14)9-21-10-16-11-22(18(25)20(2)3)13-19(16,12-21)17(23)24/h5-8,16H,4,9-13H2,1-3H3,(H,23,24)/t16-,19-/m1/s1. The molecule has 6 heteroatoms. The minimum absolute atomic E-state index is 0.0104. The summed E-state index contributed by atoms with van der Waals surface area (Å²) in [4.78, 5) is 29.7. The van der Waals surface area contributed by atoms with Gasteiger partial charge >= 0.3 is 12.0 Å². The van der Waals surface area contributed by atoms with Gasteiger partial charge in [0, 0.05) is 52.7 Å². The maximum Gasteiger partial charge on any atom is 0.319 e. The Morgan fingerprint density at radius 3 is 2.32 bits per heavy atom. The Labute approximate surface area is 149 Å². The lowest BCUT2D eigenvalue weighted by molar-refractivity contribution is -0.148. The molecule has 1 aromatic carbocycles. The first-order chi connectivity index (χ1) is 11.9. The lowest BCUT2D eigenvalue weighted by atomic mass is 9.81. The fourth-order valence-corrected chi connectivity index (χ4v) is 4.16. The zero-order valence-electron chi connectivity index (χ0n) is 15.2.